The lowest BCUT2D eigenvalue weighted by Gasteiger charge is -2.09. The van der Waals surface area contributed by atoms with Crippen molar-refractivity contribution in [2.24, 2.45) is 0 Å². The van der Waals surface area contributed by atoms with Crippen molar-refractivity contribution in [1.29, 1.82) is 0 Å². The van der Waals surface area contributed by atoms with Gasteiger partial charge in [-0.25, -0.2) is 4.79 Å². The summed E-state index contributed by atoms with van der Waals surface area (Å²) in [6.07, 6.45) is 1.02. The molecule has 0 radical (unpaired) electrons. The zero-order chi connectivity index (χ0) is 13.8. The molecule has 1 heterocycles. The summed E-state index contributed by atoms with van der Waals surface area (Å²) in [4.78, 5) is 12.2. The molecule has 0 aliphatic carbocycles. The van der Waals surface area contributed by atoms with Gasteiger partial charge in [-0.15, -0.1) is 11.3 Å². The molecule has 0 atom stereocenters. The van der Waals surface area contributed by atoms with Gasteiger partial charge in [-0.3, -0.25) is 0 Å². The first-order chi connectivity index (χ1) is 9.10. The zero-order valence-corrected chi connectivity index (χ0v) is 11.9. The van der Waals surface area contributed by atoms with Gasteiger partial charge in [-0.1, -0.05) is 13.0 Å². The highest BCUT2D eigenvalue weighted by atomic mass is 32.1. The molecule has 4 heteroatoms. The van der Waals surface area contributed by atoms with Gasteiger partial charge in [0.05, 0.1) is 0 Å². The van der Waals surface area contributed by atoms with Crippen molar-refractivity contribution in [3.63, 3.8) is 0 Å². The van der Waals surface area contributed by atoms with Gasteiger partial charge in [-0.05, 0) is 48.7 Å². The number of carbonyl (C=O) groups is 1. The lowest BCUT2D eigenvalue weighted by atomic mass is 10.1. The van der Waals surface area contributed by atoms with Crippen LogP contribution in [0.15, 0.2) is 30.3 Å². The predicted molar refractivity (Wildman–Crippen MR) is 79.2 cm³/mol. The number of thiophene rings is 1. The zero-order valence-electron chi connectivity index (χ0n) is 11.1. The van der Waals surface area contributed by atoms with Crippen molar-refractivity contribution >= 4 is 23.0 Å². The van der Waals surface area contributed by atoms with Crippen LogP contribution in [0.4, 0.5) is 5.69 Å². The molecule has 0 saturated heterocycles. The first-order valence-electron chi connectivity index (χ1n) is 6.25. The average molecular weight is 275 g/mol. The van der Waals surface area contributed by atoms with Crippen LogP contribution in [0.2, 0.25) is 0 Å². The highest BCUT2D eigenvalue weighted by molar-refractivity contribution is 7.13. The number of carboxylic acids is 1. The Hall–Kier alpha value is -1.81. The van der Waals surface area contributed by atoms with E-state index in [0.29, 0.717) is 11.4 Å². The Morgan fingerprint density at radius 3 is 2.74 bits per heavy atom. The van der Waals surface area contributed by atoms with E-state index in [9.17, 15) is 4.79 Å². The number of anilines is 1. The Kier molecular flexibility index (Phi) is 4.22. The summed E-state index contributed by atoms with van der Waals surface area (Å²) >= 11 is 1.31. The Bertz CT molecular complexity index is 590. The largest absolute Gasteiger partial charge is 0.477 e. The summed E-state index contributed by atoms with van der Waals surface area (Å²) in [5.41, 5.74) is 3.72. The number of aromatic carboxylic acids is 1. The Morgan fingerprint density at radius 1 is 1.32 bits per heavy atom. The third kappa shape index (κ3) is 3.35. The quantitative estimate of drug-likeness (QED) is 0.869. The summed E-state index contributed by atoms with van der Waals surface area (Å²) in [6, 6.07) is 9.83. The van der Waals surface area contributed by atoms with Gasteiger partial charge < -0.3 is 10.4 Å². The number of nitrogens with one attached hydrogen (secondary N) is 1. The van der Waals surface area contributed by atoms with Crippen LogP contribution in [0.1, 0.15) is 32.6 Å². The molecule has 2 rings (SSSR count). The topological polar surface area (TPSA) is 49.3 Å². The normalized spacial score (nSPS) is 10.4. The third-order valence-corrected chi connectivity index (χ3v) is 4.14. The maximum Gasteiger partial charge on any atom is 0.345 e. The van der Waals surface area contributed by atoms with E-state index in [1.165, 1.54) is 22.5 Å². The second kappa shape index (κ2) is 5.89. The fourth-order valence-electron chi connectivity index (χ4n) is 1.94. The predicted octanol–water partition coefficient (Wildman–Crippen LogP) is 3.93. The van der Waals surface area contributed by atoms with Crippen LogP contribution >= 0.6 is 11.3 Å². The number of hydrogen-bond donors (Lipinski definition) is 2. The molecule has 0 spiro atoms. The number of rotatable bonds is 5. The lowest BCUT2D eigenvalue weighted by Crippen LogP contribution is -1.99. The molecule has 2 N–H and O–H groups in total. The fraction of sp³-hybridized carbons (Fsp3) is 0.267. The second-order valence-corrected chi connectivity index (χ2v) is 5.59. The van der Waals surface area contributed by atoms with Crippen molar-refractivity contribution in [2.75, 3.05) is 5.32 Å². The monoisotopic (exact) mass is 275 g/mol. The molecule has 0 amide bonds. The third-order valence-electron chi connectivity index (χ3n) is 3.07. The summed E-state index contributed by atoms with van der Waals surface area (Å²) in [5.74, 6) is -0.861. The van der Waals surface area contributed by atoms with E-state index in [2.05, 4.69) is 37.4 Å². The molecule has 0 saturated carbocycles. The molecule has 1 aromatic carbocycles. The van der Waals surface area contributed by atoms with Gasteiger partial charge in [0.2, 0.25) is 0 Å². The maximum atomic E-state index is 10.8. The molecule has 0 aliphatic rings. The summed E-state index contributed by atoms with van der Waals surface area (Å²) < 4.78 is 0. The van der Waals surface area contributed by atoms with E-state index >= 15 is 0 Å². The van der Waals surface area contributed by atoms with Gasteiger partial charge in [0.25, 0.3) is 0 Å². The Morgan fingerprint density at radius 2 is 2.11 bits per heavy atom. The van der Waals surface area contributed by atoms with Gasteiger partial charge in [0, 0.05) is 17.1 Å². The van der Waals surface area contributed by atoms with Gasteiger partial charge in [0.1, 0.15) is 4.88 Å². The van der Waals surface area contributed by atoms with Crippen LogP contribution in [0, 0.1) is 6.92 Å². The van der Waals surface area contributed by atoms with E-state index in [0.717, 1.165) is 17.0 Å². The number of hydrogen-bond acceptors (Lipinski definition) is 3. The van der Waals surface area contributed by atoms with E-state index in [1.807, 2.05) is 6.07 Å². The number of carboxylic acid groups (broad SMARTS) is 1. The van der Waals surface area contributed by atoms with E-state index in [-0.39, 0.29) is 0 Å². The molecule has 2 aromatic rings. The van der Waals surface area contributed by atoms with Crippen LogP contribution in [0.25, 0.3) is 0 Å². The number of aryl methyl sites for hydroxylation is 2. The van der Waals surface area contributed by atoms with Crippen LogP contribution < -0.4 is 5.32 Å². The first-order valence-corrected chi connectivity index (χ1v) is 7.07. The molecule has 0 bridgehead atoms. The summed E-state index contributed by atoms with van der Waals surface area (Å²) in [6.45, 7) is 4.91. The van der Waals surface area contributed by atoms with Crippen molar-refractivity contribution in [2.45, 2.75) is 26.8 Å². The molecule has 19 heavy (non-hydrogen) atoms. The molecule has 0 fully saturated rings. The van der Waals surface area contributed by atoms with Crippen LogP contribution in [0.5, 0.6) is 0 Å². The van der Waals surface area contributed by atoms with Crippen LogP contribution in [-0.4, -0.2) is 11.1 Å². The van der Waals surface area contributed by atoms with Crippen molar-refractivity contribution in [3.05, 3.63) is 51.2 Å². The molecular weight excluding hydrogens is 258 g/mol. The first kappa shape index (κ1) is 13.6. The van der Waals surface area contributed by atoms with E-state index in [1.54, 1.807) is 6.07 Å². The standard InChI is InChI=1S/C15H17NO2S/c1-3-11-8-12(5-4-10(11)2)16-9-13-6-7-14(19-13)15(17)18/h4-8,16H,3,9H2,1-2H3,(H,17,18). The minimum absolute atomic E-state index is 0.384. The SMILES string of the molecule is CCc1cc(NCc2ccc(C(=O)O)s2)ccc1C. The lowest BCUT2D eigenvalue weighted by molar-refractivity contribution is 0.0702. The summed E-state index contributed by atoms with van der Waals surface area (Å²) in [5, 5.41) is 12.2. The minimum Gasteiger partial charge on any atom is -0.477 e. The highest BCUT2D eigenvalue weighted by Gasteiger charge is 2.06. The van der Waals surface area contributed by atoms with Crippen molar-refractivity contribution in [1.82, 2.24) is 0 Å². The highest BCUT2D eigenvalue weighted by Crippen LogP contribution is 2.20. The molecule has 1 aromatic heterocycles. The van der Waals surface area contributed by atoms with Gasteiger partial charge >= 0.3 is 5.97 Å². The van der Waals surface area contributed by atoms with E-state index < -0.39 is 5.97 Å². The molecular formula is C15H17NO2S. The molecule has 3 nitrogen and oxygen atoms in total. The fourth-order valence-corrected chi connectivity index (χ4v) is 2.73. The second-order valence-electron chi connectivity index (χ2n) is 4.42. The molecule has 0 unspecified atom stereocenters. The van der Waals surface area contributed by atoms with Crippen molar-refractivity contribution < 1.29 is 9.90 Å². The molecule has 100 valence electrons. The average Bonchev–Trinajstić information content (AvgIpc) is 2.87. The number of benzene rings is 1. The minimum atomic E-state index is -0.861. The van der Waals surface area contributed by atoms with Gasteiger partial charge in [0.15, 0.2) is 0 Å². The Labute approximate surface area is 116 Å². The molecule has 0 aliphatic heterocycles. The smallest absolute Gasteiger partial charge is 0.345 e. The van der Waals surface area contributed by atoms with E-state index in [4.69, 9.17) is 5.11 Å². The Balaban J connectivity index is 2.03. The van der Waals surface area contributed by atoms with Crippen LogP contribution in [0.3, 0.4) is 0 Å². The van der Waals surface area contributed by atoms with Gasteiger partial charge in [-0.2, -0.15) is 0 Å². The summed E-state index contributed by atoms with van der Waals surface area (Å²) in [7, 11) is 0. The van der Waals surface area contributed by atoms with Crippen LogP contribution in [-0.2, 0) is 13.0 Å². The maximum absolute atomic E-state index is 10.8. The van der Waals surface area contributed by atoms with Crippen molar-refractivity contribution in [3.8, 4) is 0 Å².